The highest BCUT2D eigenvalue weighted by Gasteiger charge is 2.02. The molecule has 0 aliphatic rings. The lowest BCUT2D eigenvalue weighted by Gasteiger charge is -2.02. The Labute approximate surface area is 91.7 Å². The normalized spacial score (nSPS) is 10.0. The molecule has 0 aliphatic heterocycles. The van der Waals surface area contributed by atoms with Crippen LogP contribution in [-0.2, 0) is 6.54 Å². The minimum Gasteiger partial charge on any atom is -0.396 e. The lowest BCUT2D eigenvalue weighted by atomic mass is 10.1. The van der Waals surface area contributed by atoms with Crippen molar-refractivity contribution >= 4 is 5.69 Å². The van der Waals surface area contributed by atoms with Crippen LogP contribution in [0.25, 0.3) is 0 Å². The second-order valence-corrected chi connectivity index (χ2v) is 3.43. The average molecular weight is 216 g/mol. The smallest absolute Gasteiger partial charge is 0.124 e. The molecule has 0 aliphatic carbocycles. The summed E-state index contributed by atoms with van der Waals surface area (Å²) in [7, 11) is 0. The Balaban J connectivity index is 2.28. The first-order valence-electron chi connectivity index (χ1n) is 4.65. The summed E-state index contributed by atoms with van der Waals surface area (Å²) in [6.07, 6.45) is 3.17. The number of hydrogen-bond acceptors (Lipinski definition) is 3. The van der Waals surface area contributed by atoms with Crippen molar-refractivity contribution < 1.29 is 4.39 Å². The second-order valence-electron chi connectivity index (χ2n) is 3.43. The maximum atomic E-state index is 13.1. The monoisotopic (exact) mass is 216 g/mol. The number of benzene rings is 1. The highest BCUT2D eigenvalue weighted by atomic mass is 19.1. The zero-order valence-electron chi connectivity index (χ0n) is 8.39. The van der Waals surface area contributed by atoms with Crippen molar-refractivity contribution in [3.8, 4) is 6.07 Å². The summed E-state index contributed by atoms with van der Waals surface area (Å²) in [5.74, 6) is -0.422. The van der Waals surface area contributed by atoms with Crippen LogP contribution in [0.4, 0.5) is 10.1 Å². The summed E-state index contributed by atoms with van der Waals surface area (Å²) >= 11 is 0. The van der Waals surface area contributed by atoms with Crippen LogP contribution in [-0.4, -0.2) is 9.78 Å². The number of nitrogens with two attached hydrogens (primary N) is 1. The highest BCUT2D eigenvalue weighted by molar-refractivity contribution is 5.34. The fraction of sp³-hybridized carbons (Fsp3) is 0.0909. The van der Waals surface area contributed by atoms with E-state index in [0.29, 0.717) is 23.4 Å². The molecule has 0 saturated carbocycles. The molecular formula is C11H9FN4. The third-order valence-electron chi connectivity index (χ3n) is 2.08. The molecule has 0 radical (unpaired) electrons. The fourth-order valence-corrected chi connectivity index (χ4v) is 1.46. The van der Waals surface area contributed by atoms with Crippen LogP contribution in [0.2, 0.25) is 0 Å². The number of nitrogen functional groups attached to an aromatic ring is 1. The Morgan fingerprint density at radius 1 is 1.44 bits per heavy atom. The van der Waals surface area contributed by atoms with Crippen LogP contribution in [0.1, 0.15) is 11.1 Å². The van der Waals surface area contributed by atoms with Crippen molar-refractivity contribution in [2.45, 2.75) is 6.54 Å². The molecule has 0 bridgehead atoms. The van der Waals surface area contributed by atoms with Gasteiger partial charge >= 0.3 is 0 Å². The van der Waals surface area contributed by atoms with E-state index >= 15 is 0 Å². The number of aromatic nitrogens is 2. The zero-order chi connectivity index (χ0) is 11.5. The topological polar surface area (TPSA) is 67.6 Å². The van der Waals surface area contributed by atoms with E-state index in [4.69, 9.17) is 11.0 Å². The van der Waals surface area contributed by atoms with E-state index in [2.05, 4.69) is 5.10 Å². The van der Waals surface area contributed by atoms with Gasteiger partial charge in [-0.15, -0.1) is 0 Å². The molecule has 0 atom stereocenters. The molecule has 5 heteroatoms. The Morgan fingerprint density at radius 3 is 2.88 bits per heavy atom. The molecule has 0 amide bonds. The van der Waals surface area contributed by atoms with E-state index in [0.717, 1.165) is 0 Å². The summed E-state index contributed by atoms with van der Waals surface area (Å²) in [4.78, 5) is 0. The van der Waals surface area contributed by atoms with Gasteiger partial charge in [0.15, 0.2) is 0 Å². The lowest BCUT2D eigenvalue weighted by Crippen LogP contribution is -2.01. The van der Waals surface area contributed by atoms with Gasteiger partial charge < -0.3 is 5.73 Å². The van der Waals surface area contributed by atoms with E-state index in [-0.39, 0.29) is 0 Å². The van der Waals surface area contributed by atoms with Gasteiger partial charge in [-0.3, -0.25) is 4.68 Å². The molecular weight excluding hydrogens is 207 g/mol. The number of nitriles is 1. The SMILES string of the molecule is N#Cc1cc(F)cc(Cn2cc(N)cn2)c1. The first-order chi connectivity index (χ1) is 7.67. The van der Waals surface area contributed by atoms with Crippen molar-refractivity contribution in [3.63, 3.8) is 0 Å². The average Bonchev–Trinajstić information content (AvgIpc) is 2.63. The third-order valence-corrected chi connectivity index (χ3v) is 2.08. The van der Waals surface area contributed by atoms with Crippen molar-refractivity contribution in [1.29, 1.82) is 5.26 Å². The predicted octanol–water partition coefficient (Wildman–Crippen LogP) is 1.52. The van der Waals surface area contributed by atoms with Crippen LogP contribution < -0.4 is 5.73 Å². The van der Waals surface area contributed by atoms with E-state index < -0.39 is 5.82 Å². The maximum absolute atomic E-state index is 13.1. The molecule has 0 spiro atoms. The summed E-state index contributed by atoms with van der Waals surface area (Å²) in [6, 6.07) is 6.10. The molecule has 0 fully saturated rings. The van der Waals surface area contributed by atoms with Crippen LogP contribution in [0.15, 0.2) is 30.6 Å². The van der Waals surface area contributed by atoms with Crippen molar-refractivity contribution in [2.24, 2.45) is 0 Å². The number of halogens is 1. The van der Waals surface area contributed by atoms with Gasteiger partial charge in [0, 0.05) is 6.20 Å². The van der Waals surface area contributed by atoms with E-state index in [1.165, 1.54) is 18.3 Å². The number of hydrogen-bond donors (Lipinski definition) is 1. The van der Waals surface area contributed by atoms with Gasteiger partial charge in [-0.05, 0) is 23.8 Å². The quantitative estimate of drug-likeness (QED) is 0.827. The van der Waals surface area contributed by atoms with Crippen LogP contribution in [0.3, 0.4) is 0 Å². The van der Waals surface area contributed by atoms with E-state index in [1.54, 1.807) is 16.9 Å². The molecule has 1 aromatic heterocycles. The van der Waals surface area contributed by atoms with E-state index in [1.807, 2.05) is 6.07 Å². The third kappa shape index (κ3) is 2.17. The Morgan fingerprint density at radius 2 is 2.25 bits per heavy atom. The van der Waals surface area contributed by atoms with Gasteiger partial charge in [0.05, 0.1) is 30.1 Å². The summed E-state index contributed by atoms with van der Waals surface area (Å²) < 4.78 is 14.7. The second kappa shape index (κ2) is 4.03. The molecule has 4 nitrogen and oxygen atoms in total. The van der Waals surface area contributed by atoms with Crippen LogP contribution in [0, 0.1) is 17.1 Å². The molecule has 1 heterocycles. The van der Waals surface area contributed by atoms with Crippen molar-refractivity contribution in [1.82, 2.24) is 9.78 Å². The molecule has 0 unspecified atom stereocenters. The number of rotatable bonds is 2. The minimum absolute atomic E-state index is 0.301. The molecule has 2 N–H and O–H groups in total. The van der Waals surface area contributed by atoms with Gasteiger partial charge in [-0.25, -0.2) is 4.39 Å². The van der Waals surface area contributed by atoms with Gasteiger partial charge in [0.1, 0.15) is 5.82 Å². The fourth-order valence-electron chi connectivity index (χ4n) is 1.46. The van der Waals surface area contributed by atoms with E-state index in [9.17, 15) is 4.39 Å². The summed E-state index contributed by atoms with van der Waals surface area (Å²) in [5.41, 5.74) is 7.04. The van der Waals surface area contributed by atoms with Crippen LogP contribution in [0.5, 0.6) is 0 Å². The molecule has 16 heavy (non-hydrogen) atoms. The van der Waals surface area contributed by atoms with Gasteiger partial charge in [0.2, 0.25) is 0 Å². The highest BCUT2D eigenvalue weighted by Crippen LogP contribution is 2.10. The summed E-state index contributed by atoms with van der Waals surface area (Å²) in [5, 5.41) is 12.7. The van der Waals surface area contributed by atoms with Gasteiger partial charge in [-0.2, -0.15) is 10.4 Å². The molecule has 2 rings (SSSR count). The molecule has 1 aromatic carbocycles. The van der Waals surface area contributed by atoms with Crippen molar-refractivity contribution in [3.05, 3.63) is 47.5 Å². The molecule has 0 saturated heterocycles. The zero-order valence-corrected chi connectivity index (χ0v) is 8.39. The Bertz CT molecular complexity index is 553. The summed E-state index contributed by atoms with van der Waals surface area (Å²) in [6.45, 7) is 0.392. The first kappa shape index (κ1) is 10.2. The van der Waals surface area contributed by atoms with Crippen molar-refractivity contribution in [2.75, 3.05) is 5.73 Å². The number of nitrogens with zero attached hydrogens (tertiary/aromatic N) is 3. The predicted molar refractivity (Wildman–Crippen MR) is 56.9 cm³/mol. The number of anilines is 1. The van der Waals surface area contributed by atoms with Gasteiger partial charge in [0.25, 0.3) is 0 Å². The lowest BCUT2D eigenvalue weighted by molar-refractivity contribution is 0.618. The Hall–Kier alpha value is -2.35. The van der Waals surface area contributed by atoms with Crippen LogP contribution >= 0.6 is 0 Å². The molecule has 2 aromatic rings. The minimum atomic E-state index is -0.422. The molecule has 80 valence electrons. The largest absolute Gasteiger partial charge is 0.396 e. The Kier molecular flexibility index (Phi) is 2.56. The maximum Gasteiger partial charge on any atom is 0.124 e. The standard InChI is InChI=1S/C11H9FN4/c12-10-2-8(4-13)1-9(3-10)6-16-7-11(14)5-15-16/h1-3,5,7H,6,14H2. The first-order valence-corrected chi connectivity index (χ1v) is 4.65. The van der Waals surface area contributed by atoms with Gasteiger partial charge in [-0.1, -0.05) is 0 Å².